The third kappa shape index (κ3) is 2.12. The number of nitriles is 1. The zero-order valence-corrected chi connectivity index (χ0v) is 9.27. The molecule has 16 heavy (non-hydrogen) atoms. The fourth-order valence-corrected chi connectivity index (χ4v) is 1.71. The molecule has 0 saturated heterocycles. The van der Waals surface area contributed by atoms with E-state index in [9.17, 15) is 0 Å². The van der Waals surface area contributed by atoms with Gasteiger partial charge >= 0.3 is 0 Å². The summed E-state index contributed by atoms with van der Waals surface area (Å²) in [5.41, 5.74) is 4.41. The second-order valence-corrected chi connectivity index (χ2v) is 3.74. The van der Waals surface area contributed by atoms with Gasteiger partial charge in [0.25, 0.3) is 0 Å². The topological polar surface area (TPSA) is 23.8 Å². The number of rotatable bonds is 2. The number of nitrogens with zero attached hydrogens (tertiary/aromatic N) is 1. The molecule has 0 aromatic heterocycles. The van der Waals surface area contributed by atoms with Gasteiger partial charge in [-0.25, -0.2) is 0 Å². The average molecular weight is 207 g/mol. The SMILES string of the molecule is CCc1cccc(-c2ccc(C#N)cc2)c1. The third-order valence-corrected chi connectivity index (χ3v) is 2.68. The molecule has 0 aliphatic carbocycles. The van der Waals surface area contributed by atoms with Crippen molar-refractivity contribution in [3.05, 3.63) is 59.7 Å². The highest BCUT2D eigenvalue weighted by Gasteiger charge is 1.98. The van der Waals surface area contributed by atoms with Gasteiger partial charge in [0.05, 0.1) is 11.6 Å². The lowest BCUT2D eigenvalue weighted by atomic mass is 10.0. The van der Waals surface area contributed by atoms with Gasteiger partial charge in [0.2, 0.25) is 0 Å². The van der Waals surface area contributed by atoms with Crippen molar-refractivity contribution >= 4 is 0 Å². The maximum atomic E-state index is 8.73. The fourth-order valence-electron chi connectivity index (χ4n) is 1.71. The monoisotopic (exact) mass is 207 g/mol. The van der Waals surface area contributed by atoms with Crippen molar-refractivity contribution in [1.82, 2.24) is 0 Å². The van der Waals surface area contributed by atoms with E-state index in [1.807, 2.05) is 24.3 Å². The largest absolute Gasteiger partial charge is 0.192 e. The van der Waals surface area contributed by atoms with Crippen LogP contribution in [0.4, 0.5) is 0 Å². The van der Waals surface area contributed by atoms with E-state index in [0.717, 1.165) is 12.0 Å². The Hall–Kier alpha value is -2.07. The van der Waals surface area contributed by atoms with Gasteiger partial charge in [0.15, 0.2) is 0 Å². The molecular weight excluding hydrogens is 194 g/mol. The van der Waals surface area contributed by atoms with Gasteiger partial charge in [-0.2, -0.15) is 5.26 Å². The summed E-state index contributed by atoms with van der Waals surface area (Å²) >= 11 is 0. The molecular formula is C15H13N. The summed E-state index contributed by atoms with van der Waals surface area (Å²) in [6, 6.07) is 18.3. The maximum Gasteiger partial charge on any atom is 0.0991 e. The summed E-state index contributed by atoms with van der Waals surface area (Å²) < 4.78 is 0. The minimum absolute atomic E-state index is 0.704. The van der Waals surface area contributed by atoms with E-state index < -0.39 is 0 Å². The lowest BCUT2D eigenvalue weighted by Gasteiger charge is -2.03. The highest BCUT2D eigenvalue weighted by Crippen LogP contribution is 2.21. The maximum absolute atomic E-state index is 8.73. The standard InChI is InChI=1S/C15H13N/c1-2-12-4-3-5-15(10-12)14-8-6-13(11-16)7-9-14/h3-10H,2H2,1H3. The Morgan fingerprint density at radius 2 is 1.75 bits per heavy atom. The first-order valence-corrected chi connectivity index (χ1v) is 5.43. The van der Waals surface area contributed by atoms with Gasteiger partial charge in [-0.1, -0.05) is 43.3 Å². The zero-order valence-electron chi connectivity index (χ0n) is 9.27. The van der Waals surface area contributed by atoms with Gasteiger partial charge in [-0.15, -0.1) is 0 Å². The lowest BCUT2D eigenvalue weighted by molar-refractivity contribution is 1.14. The number of hydrogen-bond acceptors (Lipinski definition) is 1. The van der Waals surface area contributed by atoms with Crippen molar-refractivity contribution in [2.75, 3.05) is 0 Å². The number of hydrogen-bond donors (Lipinski definition) is 0. The molecule has 1 nitrogen and oxygen atoms in total. The molecule has 2 aromatic rings. The minimum atomic E-state index is 0.704. The summed E-state index contributed by atoms with van der Waals surface area (Å²) in [5, 5.41) is 8.73. The molecule has 0 amide bonds. The Balaban J connectivity index is 2.39. The Morgan fingerprint density at radius 1 is 1.00 bits per heavy atom. The molecule has 0 aliphatic heterocycles. The Labute approximate surface area is 96.0 Å². The van der Waals surface area contributed by atoms with Crippen LogP contribution in [0.5, 0.6) is 0 Å². The second-order valence-electron chi connectivity index (χ2n) is 3.74. The predicted molar refractivity (Wildman–Crippen MR) is 66.0 cm³/mol. The third-order valence-electron chi connectivity index (χ3n) is 2.68. The molecule has 0 heterocycles. The van der Waals surface area contributed by atoms with Crippen molar-refractivity contribution < 1.29 is 0 Å². The van der Waals surface area contributed by atoms with Crippen molar-refractivity contribution in [3.63, 3.8) is 0 Å². The first-order chi connectivity index (χ1) is 7.83. The Kier molecular flexibility index (Phi) is 3.03. The Bertz CT molecular complexity index is 518. The normalized spacial score (nSPS) is 9.75. The van der Waals surface area contributed by atoms with E-state index in [1.165, 1.54) is 11.1 Å². The molecule has 0 atom stereocenters. The van der Waals surface area contributed by atoms with Crippen molar-refractivity contribution in [1.29, 1.82) is 5.26 Å². The van der Waals surface area contributed by atoms with E-state index in [4.69, 9.17) is 5.26 Å². The summed E-state index contributed by atoms with van der Waals surface area (Å²) in [7, 11) is 0. The molecule has 0 N–H and O–H groups in total. The van der Waals surface area contributed by atoms with Crippen molar-refractivity contribution in [3.8, 4) is 17.2 Å². The van der Waals surface area contributed by atoms with Crippen LogP contribution < -0.4 is 0 Å². The fraction of sp³-hybridized carbons (Fsp3) is 0.133. The molecule has 2 aromatic carbocycles. The highest BCUT2D eigenvalue weighted by atomic mass is 14.2. The Morgan fingerprint density at radius 3 is 2.38 bits per heavy atom. The average Bonchev–Trinajstić information content (AvgIpc) is 2.39. The van der Waals surface area contributed by atoms with Gasteiger partial charge in [-0.3, -0.25) is 0 Å². The summed E-state index contributed by atoms with van der Waals surface area (Å²) in [6.45, 7) is 2.15. The van der Waals surface area contributed by atoms with Crippen LogP contribution in [0.2, 0.25) is 0 Å². The van der Waals surface area contributed by atoms with Crippen LogP contribution in [0.3, 0.4) is 0 Å². The van der Waals surface area contributed by atoms with Crippen molar-refractivity contribution in [2.45, 2.75) is 13.3 Å². The molecule has 0 bridgehead atoms. The quantitative estimate of drug-likeness (QED) is 0.735. The highest BCUT2D eigenvalue weighted by molar-refractivity contribution is 5.64. The van der Waals surface area contributed by atoms with E-state index in [-0.39, 0.29) is 0 Å². The van der Waals surface area contributed by atoms with E-state index in [2.05, 4.69) is 37.3 Å². The van der Waals surface area contributed by atoms with Crippen LogP contribution in [-0.4, -0.2) is 0 Å². The second kappa shape index (κ2) is 4.63. The minimum Gasteiger partial charge on any atom is -0.192 e. The van der Waals surface area contributed by atoms with Crippen LogP contribution in [-0.2, 0) is 6.42 Å². The summed E-state index contributed by atoms with van der Waals surface area (Å²) in [6.07, 6.45) is 1.05. The van der Waals surface area contributed by atoms with Gasteiger partial charge in [0, 0.05) is 0 Å². The molecule has 0 saturated carbocycles. The first-order valence-electron chi connectivity index (χ1n) is 5.43. The first kappa shape index (κ1) is 10.4. The summed E-state index contributed by atoms with van der Waals surface area (Å²) in [5.74, 6) is 0. The molecule has 0 fully saturated rings. The van der Waals surface area contributed by atoms with Gasteiger partial charge < -0.3 is 0 Å². The number of benzene rings is 2. The van der Waals surface area contributed by atoms with Crippen LogP contribution >= 0.6 is 0 Å². The van der Waals surface area contributed by atoms with Crippen LogP contribution in [0, 0.1) is 11.3 Å². The lowest BCUT2D eigenvalue weighted by Crippen LogP contribution is -1.83. The van der Waals surface area contributed by atoms with Crippen LogP contribution in [0.1, 0.15) is 18.1 Å². The molecule has 0 radical (unpaired) electrons. The van der Waals surface area contributed by atoms with E-state index in [0.29, 0.717) is 5.56 Å². The van der Waals surface area contributed by atoms with Gasteiger partial charge in [-0.05, 0) is 35.2 Å². The molecule has 0 aliphatic rings. The van der Waals surface area contributed by atoms with Crippen LogP contribution in [0.25, 0.3) is 11.1 Å². The van der Waals surface area contributed by atoms with E-state index >= 15 is 0 Å². The smallest absolute Gasteiger partial charge is 0.0991 e. The predicted octanol–water partition coefficient (Wildman–Crippen LogP) is 3.79. The molecule has 2 rings (SSSR count). The molecule has 0 unspecified atom stereocenters. The van der Waals surface area contributed by atoms with Crippen molar-refractivity contribution in [2.24, 2.45) is 0 Å². The van der Waals surface area contributed by atoms with Crippen LogP contribution in [0.15, 0.2) is 48.5 Å². The van der Waals surface area contributed by atoms with E-state index in [1.54, 1.807) is 0 Å². The van der Waals surface area contributed by atoms with Gasteiger partial charge in [0.1, 0.15) is 0 Å². The molecule has 1 heteroatoms. The molecule has 78 valence electrons. The number of aryl methyl sites for hydroxylation is 1. The molecule has 0 spiro atoms. The zero-order chi connectivity index (χ0) is 11.4. The summed E-state index contributed by atoms with van der Waals surface area (Å²) in [4.78, 5) is 0.